The van der Waals surface area contributed by atoms with Gasteiger partial charge in [0.1, 0.15) is 11.6 Å². The summed E-state index contributed by atoms with van der Waals surface area (Å²) < 4.78 is 0. The fourth-order valence-corrected chi connectivity index (χ4v) is 2.79. The summed E-state index contributed by atoms with van der Waals surface area (Å²) >= 11 is 0. The topological polar surface area (TPSA) is 75.1 Å². The normalized spacial score (nSPS) is 27.0. The molecule has 5 heteroatoms. The Labute approximate surface area is 113 Å². The van der Waals surface area contributed by atoms with E-state index in [1.807, 2.05) is 26.8 Å². The monoisotopic (exact) mass is 263 g/mol. The van der Waals surface area contributed by atoms with Gasteiger partial charge in [-0.2, -0.15) is 0 Å². The van der Waals surface area contributed by atoms with Gasteiger partial charge < -0.3 is 10.4 Å². The average molecular weight is 263 g/mol. The summed E-state index contributed by atoms with van der Waals surface area (Å²) in [4.78, 5) is 20.1. The third kappa shape index (κ3) is 2.85. The molecule has 1 fully saturated rings. The maximum Gasteiger partial charge on any atom is 0.311 e. The van der Waals surface area contributed by atoms with Crippen molar-refractivity contribution in [3.05, 3.63) is 17.6 Å². The van der Waals surface area contributed by atoms with Gasteiger partial charge in [0.15, 0.2) is 0 Å². The molecule has 2 rings (SSSR count). The molecule has 0 radical (unpaired) electrons. The molecule has 1 aromatic rings. The number of nitrogens with one attached hydrogen (secondary N) is 1. The molecule has 1 aliphatic carbocycles. The highest BCUT2D eigenvalue weighted by molar-refractivity contribution is 5.76. The van der Waals surface area contributed by atoms with Crippen molar-refractivity contribution in [1.82, 2.24) is 9.97 Å². The molecular formula is C14H21N3O2. The van der Waals surface area contributed by atoms with Crippen LogP contribution in [0.2, 0.25) is 0 Å². The molecule has 0 spiro atoms. The predicted octanol–water partition coefficient (Wildman–Crippen LogP) is 2.54. The first kappa shape index (κ1) is 13.8. The van der Waals surface area contributed by atoms with Gasteiger partial charge in [-0.05, 0) is 33.6 Å². The van der Waals surface area contributed by atoms with E-state index < -0.39 is 11.4 Å². The fourth-order valence-electron chi connectivity index (χ4n) is 2.79. The number of hydrogen-bond acceptors (Lipinski definition) is 4. The largest absolute Gasteiger partial charge is 0.481 e. The fraction of sp³-hybridized carbons (Fsp3) is 0.643. The second-order valence-corrected chi connectivity index (χ2v) is 5.61. The molecule has 1 saturated carbocycles. The number of carbonyl (C=O) groups is 1. The van der Waals surface area contributed by atoms with Crippen molar-refractivity contribution in [2.24, 2.45) is 5.41 Å². The number of hydrogen-bond donors (Lipinski definition) is 2. The molecule has 0 bridgehead atoms. The smallest absolute Gasteiger partial charge is 0.311 e. The lowest BCUT2D eigenvalue weighted by Gasteiger charge is -2.38. The van der Waals surface area contributed by atoms with Gasteiger partial charge in [0.25, 0.3) is 0 Å². The first-order valence-corrected chi connectivity index (χ1v) is 6.74. The average Bonchev–Trinajstić information content (AvgIpc) is 2.30. The van der Waals surface area contributed by atoms with Gasteiger partial charge in [-0.25, -0.2) is 9.97 Å². The summed E-state index contributed by atoms with van der Waals surface area (Å²) in [7, 11) is 0. The first-order chi connectivity index (χ1) is 8.91. The van der Waals surface area contributed by atoms with Crippen molar-refractivity contribution in [1.29, 1.82) is 0 Å². The van der Waals surface area contributed by atoms with Crippen LogP contribution in [0.15, 0.2) is 6.07 Å². The van der Waals surface area contributed by atoms with E-state index in [0.29, 0.717) is 12.2 Å². The maximum absolute atomic E-state index is 11.5. The predicted molar refractivity (Wildman–Crippen MR) is 73.1 cm³/mol. The molecule has 0 aromatic carbocycles. The van der Waals surface area contributed by atoms with Crippen molar-refractivity contribution in [3.63, 3.8) is 0 Å². The van der Waals surface area contributed by atoms with Gasteiger partial charge in [0.2, 0.25) is 0 Å². The molecule has 0 aliphatic heterocycles. The molecule has 2 atom stereocenters. The van der Waals surface area contributed by atoms with Crippen molar-refractivity contribution >= 4 is 11.8 Å². The minimum absolute atomic E-state index is 0.0764. The van der Waals surface area contributed by atoms with E-state index >= 15 is 0 Å². The molecule has 19 heavy (non-hydrogen) atoms. The Morgan fingerprint density at radius 3 is 2.79 bits per heavy atom. The third-order valence-corrected chi connectivity index (χ3v) is 3.98. The number of anilines is 1. The summed E-state index contributed by atoms with van der Waals surface area (Å²) in [6.07, 6.45) is 3.61. The van der Waals surface area contributed by atoms with E-state index in [4.69, 9.17) is 0 Å². The molecule has 5 nitrogen and oxygen atoms in total. The Balaban J connectivity index is 2.22. The molecular weight excluding hydrogens is 242 g/mol. The van der Waals surface area contributed by atoms with Crippen LogP contribution in [0.25, 0.3) is 0 Å². The minimum Gasteiger partial charge on any atom is -0.481 e. The second kappa shape index (κ2) is 5.15. The van der Waals surface area contributed by atoms with Crippen LogP contribution in [0.1, 0.15) is 44.1 Å². The molecule has 2 N–H and O–H groups in total. The van der Waals surface area contributed by atoms with E-state index in [2.05, 4.69) is 15.3 Å². The van der Waals surface area contributed by atoms with E-state index in [9.17, 15) is 9.90 Å². The van der Waals surface area contributed by atoms with Gasteiger partial charge >= 0.3 is 5.97 Å². The molecule has 1 heterocycles. The highest BCUT2D eigenvalue weighted by Crippen LogP contribution is 2.37. The third-order valence-electron chi connectivity index (χ3n) is 3.98. The molecule has 104 valence electrons. The zero-order chi connectivity index (χ0) is 14.0. The number of aliphatic carboxylic acids is 1. The molecule has 0 saturated heterocycles. The quantitative estimate of drug-likeness (QED) is 0.876. The maximum atomic E-state index is 11.5. The van der Waals surface area contributed by atoms with Gasteiger partial charge in [-0.1, -0.05) is 12.8 Å². The number of aromatic nitrogens is 2. The lowest BCUT2D eigenvalue weighted by molar-refractivity contribution is -0.150. The first-order valence-electron chi connectivity index (χ1n) is 6.74. The Morgan fingerprint density at radius 1 is 1.42 bits per heavy atom. The number of aryl methyl sites for hydroxylation is 2. The summed E-state index contributed by atoms with van der Waals surface area (Å²) in [6, 6.07) is 1.79. The standard InChI is InChI=1S/C14H21N3O2/c1-9-8-12(16-10(2)15-9)17-11-6-4-5-7-14(11,3)13(18)19/h8,11H,4-7H2,1-3H3,(H,18,19)(H,15,16,17). The Kier molecular flexibility index (Phi) is 3.73. The molecule has 1 aliphatic rings. The van der Waals surface area contributed by atoms with E-state index in [1.54, 1.807) is 0 Å². The van der Waals surface area contributed by atoms with E-state index in [-0.39, 0.29) is 6.04 Å². The highest BCUT2D eigenvalue weighted by atomic mass is 16.4. The molecule has 1 aromatic heterocycles. The Morgan fingerprint density at radius 2 is 2.16 bits per heavy atom. The lowest BCUT2D eigenvalue weighted by Crippen LogP contribution is -2.46. The van der Waals surface area contributed by atoms with Crippen molar-refractivity contribution in [2.45, 2.75) is 52.5 Å². The molecule has 2 unspecified atom stereocenters. The van der Waals surface area contributed by atoms with Crippen LogP contribution >= 0.6 is 0 Å². The van der Waals surface area contributed by atoms with E-state index in [0.717, 1.165) is 30.8 Å². The summed E-state index contributed by atoms with van der Waals surface area (Å²) in [6.45, 7) is 5.58. The zero-order valence-electron chi connectivity index (χ0n) is 11.7. The van der Waals surface area contributed by atoms with Gasteiger partial charge in [0.05, 0.1) is 5.41 Å². The van der Waals surface area contributed by atoms with Crippen molar-refractivity contribution in [3.8, 4) is 0 Å². The van der Waals surface area contributed by atoms with Crippen LogP contribution < -0.4 is 5.32 Å². The number of rotatable bonds is 3. The highest BCUT2D eigenvalue weighted by Gasteiger charge is 2.43. The van der Waals surface area contributed by atoms with Crippen LogP contribution in [-0.2, 0) is 4.79 Å². The second-order valence-electron chi connectivity index (χ2n) is 5.61. The van der Waals surface area contributed by atoms with Gasteiger partial charge in [-0.3, -0.25) is 4.79 Å². The van der Waals surface area contributed by atoms with Crippen molar-refractivity contribution in [2.75, 3.05) is 5.32 Å². The Bertz CT molecular complexity index is 469. The molecule has 0 amide bonds. The van der Waals surface area contributed by atoms with Crippen molar-refractivity contribution < 1.29 is 9.90 Å². The van der Waals surface area contributed by atoms with Crippen LogP contribution in [0.4, 0.5) is 5.82 Å². The SMILES string of the molecule is Cc1cc(NC2CCCCC2(C)C(=O)O)nc(C)n1. The summed E-state index contributed by atoms with van der Waals surface area (Å²) in [5.41, 5.74) is 0.174. The van der Waals surface area contributed by atoms with Crippen LogP contribution in [-0.4, -0.2) is 27.1 Å². The van der Waals surface area contributed by atoms with Crippen LogP contribution in [0.5, 0.6) is 0 Å². The van der Waals surface area contributed by atoms with Crippen LogP contribution in [0.3, 0.4) is 0 Å². The summed E-state index contributed by atoms with van der Waals surface area (Å²) in [5.74, 6) is 0.701. The van der Waals surface area contributed by atoms with Gasteiger partial charge in [0, 0.05) is 17.8 Å². The Hall–Kier alpha value is -1.65. The zero-order valence-corrected chi connectivity index (χ0v) is 11.7. The lowest BCUT2D eigenvalue weighted by atomic mass is 9.71. The number of carboxylic acids is 1. The van der Waals surface area contributed by atoms with Crippen LogP contribution in [0, 0.1) is 19.3 Å². The summed E-state index contributed by atoms with van der Waals surface area (Å²) in [5, 5.41) is 12.8. The minimum atomic E-state index is -0.729. The number of nitrogens with zero attached hydrogens (tertiary/aromatic N) is 2. The van der Waals surface area contributed by atoms with E-state index in [1.165, 1.54) is 0 Å². The number of carboxylic acid groups (broad SMARTS) is 1. The van der Waals surface area contributed by atoms with Gasteiger partial charge in [-0.15, -0.1) is 0 Å².